The SMILES string of the molecule is C1=CC2=C(CC1)Sc1ccccc1N2c1c2c(c(C3=c4oc5ccccc5c4=CCC3)c3ncccc13)CCC=N2. The summed E-state index contributed by atoms with van der Waals surface area (Å²) in [5.41, 5.74) is 11.4. The first-order chi connectivity index (χ1) is 20.4. The summed E-state index contributed by atoms with van der Waals surface area (Å²) in [4.78, 5) is 15.5. The van der Waals surface area contributed by atoms with E-state index in [2.05, 4.69) is 90.0 Å². The van der Waals surface area contributed by atoms with E-state index in [1.165, 1.54) is 48.5 Å². The molecule has 0 spiro atoms. The van der Waals surface area contributed by atoms with E-state index in [9.17, 15) is 0 Å². The fourth-order valence-electron chi connectivity index (χ4n) is 7.00. The monoisotopic (exact) mass is 549 g/mol. The summed E-state index contributed by atoms with van der Waals surface area (Å²) >= 11 is 1.91. The molecule has 4 nitrogen and oxygen atoms in total. The third kappa shape index (κ3) is 3.42. The third-order valence-corrected chi connectivity index (χ3v) is 9.94. The Bertz CT molecular complexity index is 2150. The van der Waals surface area contributed by atoms with Crippen molar-refractivity contribution >= 4 is 68.6 Å². The molecule has 0 unspecified atom stereocenters. The van der Waals surface area contributed by atoms with Gasteiger partial charge in [-0.1, -0.05) is 54.2 Å². The number of anilines is 2. The molecule has 5 aromatic rings. The molecule has 0 amide bonds. The van der Waals surface area contributed by atoms with E-state index in [-0.39, 0.29) is 0 Å². The highest BCUT2D eigenvalue weighted by Gasteiger charge is 2.33. The van der Waals surface area contributed by atoms with Crippen LogP contribution in [0.5, 0.6) is 0 Å². The first-order valence-corrected chi connectivity index (χ1v) is 15.3. The topological polar surface area (TPSA) is 41.6 Å². The molecule has 5 heteroatoms. The molecule has 0 atom stereocenters. The van der Waals surface area contributed by atoms with E-state index in [0.717, 1.165) is 71.8 Å². The summed E-state index contributed by atoms with van der Waals surface area (Å²) < 4.78 is 6.60. The van der Waals surface area contributed by atoms with E-state index in [1.807, 2.05) is 18.0 Å². The van der Waals surface area contributed by atoms with Gasteiger partial charge in [-0.05, 0) is 80.5 Å². The number of nitrogens with zero attached hydrogens (tertiary/aromatic N) is 3. The van der Waals surface area contributed by atoms with Crippen molar-refractivity contribution in [1.29, 1.82) is 0 Å². The number of hydrogen-bond acceptors (Lipinski definition) is 5. The number of pyridine rings is 1. The zero-order valence-electron chi connectivity index (χ0n) is 22.6. The van der Waals surface area contributed by atoms with E-state index in [1.54, 1.807) is 0 Å². The minimum absolute atomic E-state index is 0.921. The molecule has 2 aliphatic carbocycles. The number of para-hydroxylation sites is 2. The van der Waals surface area contributed by atoms with Gasteiger partial charge in [0, 0.05) is 49.3 Å². The first-order valence-electron chi connectivity index (χ1n) is 14.5. The van der Waals surface area contributed by atoms with Crippen LogP contribution in [0, 0.1) is 0 Å². The number of fused-ring (bicyclic) bond motifs is 6. The third-order valence-electron chi connectivity index (χ3n) is 8.71. The Balaban J connectivity index is 1.42. The minimum atomic E-state index is 0.921. The molecular weight excluding hydrogens is 522 g/mol. The van der Waals surface area contributed by atoms with E-state index in [0.29, 0.717) is 0 Å². The van der Waals surface area contributed by atoms with Gasteiger partial charge in [0.25, 0.3) is 0 Å². The van der Waals surface area contributed by atoms with Gasteiger partial charge in [0.05, 0.1) is 28.3 Å². The molecular formula is C36H27N3OS. The summed E-state index contributed by atoms with van der Waals surface area (Å²) in [6, 6.07) is 21.5. The van der Waals surface area contributed by atoms with Crippen LogP contribution in [0.2, 0.25) is 0 Å². The standard InChI is InChI=1S/C36H27N3OS/c1-4-17-29-22(10-1)23-11-7-12-25(36(23)40-29)32-24-13-8-21-38-34(24)35(26-14-9-20-37-33(26)32)39-27-15-2-5-18-30(27)41-31-19-6-3-16-28(31)39/h1-5,9-11,14-18,20-21H,6-8,12-13,19H2. The summed E-state index contributed by atoms with van der Waals surface area (Å²) in [5.74, 6) is 0. The molecule has 0 fully saturated rings. The quantitative estimate of drug-likeness (QED) is 0.223. The van der Waals surface area contributed by atoms with Gasteiger partial charge >= 0.3 is 0 Å². The lowest BCUT2D eigenvalue weighted by Gasteiger charge is -2.37. The maximum Gasteiger partial charge on any atom is 0.138 e. The predicted molar refractivity (Wildman–Crippen MR) is 170 cm³/mol. The highest BCUT2D eigenvalue weighted by Crippen LogP contribution is 2.55. The lowest BCUT2D eigenvalue weighted by Crippen LogP contribution is -2.27. The van der Waals surface area contributed by atoms with Crippen LogP contribution in [0.15, 0.2) is 104 Å². The second-order valence-electron chi connectivity index (χ2n) is 11.0. The van der Waals surface area contributed by atoms with Crippen molar-refractivity contribution in [1.82, 2.24) is 4.98 Å². The zero-order valence-corrected chi connectivity index (χ0v) is 23.4. The molecule has 2 aliphatic heterocycles. The van der Waals surface area contributed by atoms with E-state index in [4.69, 9.17) is 14.4 Å². The molecule has 0 radical (unpaired) electrons. The molecule has 4 aliphatic rings. The fraction of sp³-hybridized carbons (Fsp3) is 0.167. The largest absolute Gasteiger partial charge is 0.456 e. The normalized spacial score (nSPS) is 17.4. The Morgan fingerprint density at radius 2 is 1.76 bits per heavy atom. The minimum Gasteiger partial charge on any atom is -0.456 e. The average molecular weight is 550 g/mol. The highest BCUT2D eigenvalue weighted by molar-refractivity contribution is 8.03. The Morgan fingerprint density at radius 1 is 0.854 bits per heavy atom. The van der Waals surface area contributed by atoms with Gasteiger partial charge in [-0.2, -0.15) is 0 Å². The van der Waals surface area contributed by atoms with Crippen molar-refractivity contribution in [3.8, 4) is 0 Å². The van der Waals surface area contributed by atoms with E-state index >= 15 is 0 Å². The van der Waals surface area contributed by atoms with Gasteiger partial charge in [0.2, 0.25) is 0 Å². The second-order valence-corrected chi connectivity index (χ2v) is 12.2. The second kappa shape index (κ2) is 9.08. The van der Waals surface area contributed by atoms with Crippen LogP contribution in [0.4, 0.5) is 17.1 Å². The lowest BCUT2D eigenvalue weighted by atomic mass is 9.86. The van der Waals surface area contributed by atoms with Gasteiger partial charge in [0.1, 0.15) is 11.0 Å². The van der Waals surface area contributed by atoms with Gasteiger partial charge < -0.3 is 9.32 Å². The molecule has 2 aromatic heterocycles. The van der Waals surface area contributed by atoms with Crippen LogP contribution in [0.3, 0.4) is 0 Å². The molecule has 4 heterocycles. The molecule has 0 saturated heterocycles. The van der Waals surface area contributed by atoms with Crippen LogP contribution in [-0.4, -0.2) is 11.2 Å². The van der Waals surface area contributed by atoms with Gasteiger partial charge in [-0.15, -0.1) is 0 Å². The maximum atomic E-state index is 6.60. The van der Waals surface area contributed by atoms with Crippen molar-refractivity contribution in [3.05, 3.63) is 111 Å². The van der Waals surface area contributed by atoms with Crippen LogP contribution in [-0.2, 0) is 6.42 Å². The number of benzene rings is 3. The summed E-state index contributed by atoms with van der Waals surface area (Å²) in [7, 11) is 0. The van der Waals surface area contributed by atoms with Crippen LogP contribution < -0.4 is 15.5 Å². The van der Waals surface area contributed by atoms with Crippen LogP contribution in [0.1, 0.15) is 43.2 Å². The number of rotatable bonds is 2. The van der Waals surface area contributed by atoms with Crippen molar-refractivity contribution in [3.63, 3.8) is 0 Å². The molecule has 198 valence electrons. The van der Waals surface area contributed by atoms with Gasteiger partial charge in [0.15, 0.2) is 0 Å². The molecule has 41 heavy (non-hydrogen) atoms. The molecule has 3 aromatic carbocycles. The number of hydrogen-bond donors (Lipinski definition) is 0. The summed E-state index contributed by atoms with van der Waals surface area (Å²) in [6.07, 6.45) is 16.9. The van der Waals surface area contributed by atoms with E-state index < -0.39 is 0 Å². The zero-order chi connectivity index (χ0) is 26.9. The van der Waals surface area contributed by atoms with Crippen LogP contribution in [0.25, 0.3) is 33.5 Å². The summed E-state index contributed by atoms with van der Waals surface area (Å²) in [6.45, 7) is 0. The van der Waals surface area contributed by atoms with Crippen molar-refractivity contribution in [2.24, 2.45) is 4.99 Å². The fourth-order valence-corrected chi connectivity index (χ4v) is 8.16. The molecule has 9 rings (SSSR count). The number of furan rings is 1. The smallest absolute Gasteiger partial charge is 0.138 e. The average Bonchev–Trinajstić information content (AvgIpc) is 3.42. The van der Waals surface area contributed by atoms with Crippen molar-refractivity contribution in [2.75, 3.05) is 4.90 Å². The van der Waals surface area contributed by atoms with Crippen molar-refractivity contribution in [2.45, 2.75) is 43.4 Å². The summed E-state index contributed by atoms with van der Waals surface area (Å²) in [5, 5.41) is 3.53. The Hall–Kier alpha value is -4.35. The van der Waals surface area contributed by atoms with Gasteiger partial charge in [-0.3, -0.25) is 9.98 Å². The number of thioether (sulfide) groups is 1. The van der Waals surface area contributed by atoms with Crippen LogP contribution >= 0.6 is 11.8 Å². The van der Waals surface area contributed by atoms with Crippen molar-refractivity contribution < 1.29 is 4.42 Å². The molecule has 0 N–H and O–H groups in total. The lowest BCUT2D eigenvalue weighted by molar-refractivity contribution is 0.568. The number of aliphatic imine (C=N–C) groups is 1. The highest BCUT2D eigenvalue weighted by atomic mass is 32.2. The predicted octanol–water partition coefficient (Wildman–Crippen LogP) is 8.21. The van der Waals surface area contributed by atoms with Gasteiger partial charge in [-0.25, -0.2) is 0 Å². The Labute approximate surface area is 242 Å². The first kappa shape index (κ1) is 23.4. The number of allylic oxidation sites excluding steroid dienone is 3. The maximum absolute atomic E-state index is 6.60. The Kier molecular flexibility index (Phi) is 5.18. The molecule has 0 saturated carbocycles. The Morgan fingerprint density at radius 3 is 2.76 bits per heavy atom. The molecule has 0 bridgehead atoms. The number of aromatic nitrogens is 1.